The summed E-state index contributed by atoms with van der Waals surface area (Å²) in [6.45, 7) is 7.31. The molecule has 1 fully saturated rings. The highest BCUT2D eigenvalue weighted by Gasteiger charge is 2.20. The van der Waals surface area contributed by atoms with Gasteiger partial charge in [0.25, 0.3) is 0 Å². The third-order valence-corrected chi connectivity index (χ3v) is 3.80. The number of rotatable bonds is 8. The van der Waals surface area contributed by atoms with Crippen molar-refractivity contribution in [3.63, 3.8) is 0 Å². The van der Waals surface area contributed by atoms with Gasteiger partial charge < -0.3 is 5.32 Å². The minimum Gasteiger partial charge on any atom is -0.315 e. The van der Waals surface area contributed by atoms with Crippen molar-refractivity contribution in [2.45, 2.75) is 38.6 Å². The fraction of sp³-hybridized carbons (Fsp3) is 1.00. The molecule has 0 aliphatic carbocycles. The molecule has 1 rings (SSSR count). The third-order valence-electron chi connectivity index (χ3n) is 3.11. The van der Waals surface area contributed by atoms with Crippen LogP contribution >= 0.6 is 11.8 Å². The number of hydrogen-bond donors (Lipinski definition) is 1. The van der Waals surface area contributed by atoms with Crippen molar-refractivity contribution in [2.24, 2.45) is 0 Å². The molecule has 3 heteroatoms. The van der Waals surface area contributed by atoms with Crippen LogP contribution in [0.1, 0.15) is 32.6 Å². The van der Waals surface area contributed by atoms with Gasteiger partial charge in [-0.1, -0.05) is 6.92 Å². The van der Waals surface area contributed by atoms with E-state index in [1.807, 2.05) is 11.8 Å². The van der Waals surface area contributed by atoms with Gasteiger partial charge in [0.15, 0.2) is 0 Å². The van der Waals surface area contributed by atoms with Crippen molar-refractivity contribution in [1.82, 2.24) is 10.2 Å². The van der Waals surface area contributed by atoms with Crippen LogP contribution in [-0.4, -0.2) is 49.1 Å². The molecule has 0 bridgehead atoms. The lowest BCUT2D eigenvalue weighted by Crippen LogP contribution is -2.38. The Hall–Kier alpha value is 0.270. The predicted molar refractivity (Wildman–Crippen MR) is 70.8 cm³/mol. The molecular weight excluding hydrogens is 204 g/mol. The van der Waals surface area contributed by atoms with Crippen LogP contribution in [0.25, 0.3) is 0 Å². The Morgan fingerprint density at radius 3 is 2.80 bits per heavy atom. The fourth-order valence-electron chi connectivity index (χ4n) is 2.28. The first-order valence-corrected chi connectivity index (χ1v) is 7.71. The van der Waals surface area contributed by atoms with Gasteiger partial charge in [0.1, 0.15) is 0 Å². The average Bonchev–Trinajstić information content (AvgIpc) is 2.76. The third kappa shape index (κ3) is 5.23. The van der Waals surface area contributed by atoms with Crippen LogP contribution < -0.4 is 5.32 Å². The molecule has 0 aromatic carbocycles. The highest BCUT2D eigenvalue weighted by molar-refractivity contribution is 7.98. The monoisotopic (exact) mass is 230 g/mol. The van der Waals surface area contributed by atoms with E-state index < -0.39 is 0 Å². The Morgan fingerprint density at radius 1 is 1.33 bits per heavy atom. The number of nitrogens with one attached hydrogen (secondary N) is 1. The number of thioether (sulfide) groups is 1. The summed E-state index contributed by atoms with van der Waals surface area (Å²) in [4.78, 5) is 2.69. The Morgan fingerprint density at radius 2 is 2.20 bits per heavy atom. The predicted octanol–water partition coefficient (Wildman–Crippen LogP) is 2.20. The zero-order chi connectivity index (χ0) is 10.9. The molecule has 1 aliphatic heterocycles. The molecule has 0 spiro atoms. The second kappa shape index (κ2) is 8.43. The second-order valence-electron chi connectivity index (χ2n) is 4.38. The first-order chi connectivity index (χ1) is 7.38. The molecule has 0 amide bonds. The van der Waals surface area contributed by atoms with E-state index in [9.17, 15) is 0 Å². The fourth-order valence-corrected chi connectivity index (χ4v) is 2.77. The van der Waals surface area contributed by atoms with Crippen LogP contribution in [0.4, 0.5) is 0 Å². The summed E-state index contributed by atoms with van der Waals surface area (Å²) in [5, 5.41) is 3.47. The number of nitrogens with zero attached hydrogens (tertiary/aromatic N) is 1. The van der Waals surface area contributed by atoms with E-state index in [1.54, 1.807) is 0 Å². The number of unbranched alkanes of at least 4 members (excludes halogenated alkanes) is 1. The lowest BCUT2D eigenvalue weighted by molar-refractivity contribution is 0.205. The first-order valence-electron chi connectivity index (χ1n) is 6.32. The first kappa shape index (κ1) is 13.3. The Balaban J connectivity index is 2.17. The van der Waals surface area contributed by atoms with Crippen LogP contribution in [0.15, 0.2) is 0 Å². The number of hydrogen-bond acceptors (Lipinski definition) is 3. The average molecular weight is 230 g/mol. The zero-order valence-electron chi connectivity index (χ0n) is 10.3. The maximum absolute atomic E-state index is 3.47. The van der Waals surface area contributed by atoms with E-state index in [2.05, 4.69) is 23.4 Å². The molecule has 0 saturated carbocycles. The van der Waals surface area contributed by atoms with Gasteiger partial charge >= 0.3 is 0 Å². The summed E-state index contributed by atoms with van der Waals surface area (Å²) >= 11 is 1.97. The second-order valence-corrected chi connectivity index (χ2v) is 5.37. The van der Waals surface area contributed by atoms with Gasteiger partial charge in [0.2, 0.25) is 0 Å². The summed E-state index contributed by atoms with van der Waals surface area (Å²) in [6, 6.07) is 0.819. The van der Waals surface area contributed by atoms with Crippen molar-refractivity contribution in [3.05, 3.63) is 0 Å². The largest absolute Gasteiger partial charge is 0.315 e. The normalized spacial score (nSPS) is 21.4. The van der Waals surface area contributed by atoms with Crippen LogP contribution in [0, 0.1) is 0 Å². The summed E-state index contributed by atoms with van der Waals surface area (Å²) in [7, 11) is 0. The smallest absolute Gasteiger partial charge is 0.0232 e. The lowest BCUT2D eigenvalue weighted by atomic mass is 10.2. The zero-order valence-corrected chi connectivity index (χ0v) is 11.1. The molecule has 1 heterocycles. The van der Waals surface area contributed by atoms with Gasteiger partial charge in [-0.2, -0.15) is 11.8 Å². The van der Waals surface area contributed by atoms with Crippen molar-refractivity contribution < 1.29 is 0 Å². The van der Waals surface area contributed by atoms with Crippen LogP contribution in [0.3, 0.4) is 0 Å². The van der Waals surface area contributed by atoms with Crippen molar-refractivity contribution in [2.75, 3.05) is 38.2 Å². The molecule has 90 valence electrons. The van der Waals surface area contributed by atoms with Crippen molar-refractivity contribution >= 4 is 11.8 Å². The lowest BCUT2D eigenvalue weighted by Gasteiger charge is -2.27. The SMILES string of the molecule is CCCN(CCCCSC)C1CCNC1. The van der Waals surface area contributed by atoms with Gasteiger partial charge in [0, 0.05) is 12.6 Å². The molecular formula is C12H26N2S. The Bertz CT molecular complexity index is 147. The van der Waals surface area contributed by atoms with Gasteiger partial charge in [-0.15, -0.1) is 0 Å². The highest BCUT2D eigenvalue weighted by Crippen LogP contribution is 2.11. The van der Waals surface area contributed by atoms with Gasteiger partial charge in [-0.3, -0.25) is 4.90 Å². The maximum atomic E-state index is 3.47. The van der Waals surface area contributed by atoms with E-state index in [-0.39, 0.29) is 0 Å². The quantitative estimate of drug-likeness (QED) is 0.644. The molecule has 1 atom stereocenters. The maximum Gasteiger partial charge on any atom is 0.0232 e. The van der Waals surface area contributed by atoms with Crippen molar-refractivity contribution in [3.8, 4) is 0 Å². The molecule has 0 radical (unpaired) electrons. The Labute approximate surface area is 99.2 Å². The minimum atomic E-state index is 0.819. The summed E-state index contributed by atoms with van der Waals surface area (Å²) < 4.78 is 0. The van der Waals surface area contributed by atoms with Crippen LogP contribution in [0.2, 0.25) is 0 Å². The Kier molecular flexibility index (Phi) is 7.49. The molecule has 1 aliphatic rings. The van der Waals surface area contributed by atoms with E-state index in [0.29, 0.717) is 0 Å². The summed E-state index contributed by atoms with van der Waals surface area (Å²) in [5.74, 6) is 1.32. The van der Waals surface area contributed by atoms with E-state index >= 15 is 0 Å². The van der Waals surface area contributed by atoms with Crippen LogP contribution in [0.5, 0.6) is 0 Å². The van der Waals surface area contributed by atoms with E-state index in [0.717, 1.165) is 6.04 Å². The van der Waals surface area contributed by atoms with E-state index in [1.165, 1.54) is 57.6 Å². The standard InChI is InChI=1S/C12H26N2S/c1-3-8-14(9-4-5-10-15-2)12-6-7-13-11-12/h12-13H,3-11H2,1-2H3. The molecule has 15 heavy (non-hydrogen) atoms. The van der Waals surface area contributed by atoms with Gasteiger partial charge in [-0.25, -0.2) is 0 Å². The van der Waals surface area contributed by atoms with Gasteiger partial charge in [0.05, 0.1) is 0 Å². The molecule has 1 unspecified atom stereocenters. The van der Waals surface area contributed by atoms with Crippen molar-refractivity contribution in [1.29, 1.82) is 0 Å². The topological polar surface area (TPSA) is 15.3 Å². The summed E-state index contributed by atoms with van der Waals surface area (Å²) in [6.07, 6.45) is 7.59. The van der Waals surface area contributed by atoms with E-state index in [4.69, 9.17) is 0 Å². The van der Waals surface area contributed by atoms with Crippen LogP contribution in [-0.2, 0) is 0 Å². The molecule has 1 saturated heterocycles. The minimum absolute atomic E-state index is 0.819. The summed E-state index contributed by atoms with van der Waals surface area (Å²) in [5.41, 5.74) is 0. The molecule has 1 N–H and O–H groups in total. The molecule has 0 aromatic rings. The highest BCUT2D eigenvalue weighted by atomic mass is 32.2. The molecule has 2 nitrogen and oxygen atoms in total. The van der Waals surface area contributed by atoms with Gasteiger partial charge in [-0.05, 0) is 57.3 Å². The molecule has 0 aromatic heterocycles.